The van der Waals surface area contributed by atoms with Crippen LogP contribution in [0.3, 0.4) is 0 Å². The van der Waals surface area contributed by atoms with Crippen LogP contribution in [-0.4, -0.2) is 64.5 Å². The number of hydrogen-bond donors (Lipinski definition) is 3. The molecule has 38 heavy (non-hydrogen) atoms. The Morgan fingerprint density at radius 1 is 1.24 bits per heavy atom. The van der Waals surface area contributed by atoms with E-state index < -0.39 is 29.1 Å². The third kappa shape index (κ3) is 3.41. The van der Waals surface area contributed by atoms with Crippen molar-refractivity contribution in [3.63, 3.8) is 0 Å². The maximum atomic E-state index is 13.2. The molecule has 2 bridgehead atoms. The number of nitrogens with one attached hydrogen (secondary N) is 1. The van der Waals surface area contributed by atoms with Gasteiger partial charge in [0.15, 0.2) is 11.5 Å². The Labute approximate surface area is 223 Å². The van der Waals surface area contributed by atoms with Crippen LogP contribution < -0.4 is 14.8 Å². The van der Waals surface area contributed by atoms with Crippen molar-refractivity contribution in [2.45, 2.75) is 68.0 Å². The Hall–Kier alpha value is -2.87. The first-order valence-corrected chi connectivity index (χ1v) is 14.0. The van der Waals surface area contributed by atoms with Crippen molar-refractivity contribution >= 4 is 5.91 Å². The van der Waals surface area contributed by atoms with E-state index >= 15 is 0 Å². The third-order valence-corrected chi connectivity index (χ3v) is 9.79. The zero-order valence-electron chi connectivity index (χ0n) is 21.6. The van der Waals surface area contributed by atoms with Crippen molar-refractivity contribution in [2.75, 3.05) is 19.6 Å². The summed E-state index contributed by atoms with van der Waals surface area (Å²) in [5.74, 6) is 0.902. The van der Waals surface area contributed by atoms with Crippen LogP contribution >= 0.6 is 0 Å². The van der Waals surface area contributed by atoms with Crippen LogP contribution in [0.15, 0.2) is 55.1 Å². The smallest absolute Gasteiger partial charge is 0.226 e. The van der Waals surface area contributed by atoms with Gasteiger partial charge in [-0.25, -0.2) is 0 Å². The largest absolute Gasteiger partial charge is 0.485 e. The monoisotopic (exact) mass is 516 g/mol. The number of hydrogen-bond acceptors (Lipinski definition) is 6. The molecule has 2 aromatic carbocycles. The minimum atomic E-state index is -1.20. The molecule has 7 nitrogen and oxygen atoms in total. The Morgan fingerprint density at radius 3 is 2.82 bits per heavy atom. The summed E-state index contributed by atoms with van der Waals surface area (Å²) in [4.78, 5) is 15.7. The molecular weight excluding hydrogens is 480 g/mol. The molecule has 0 aromatic heterocycles. The van der Waals surface area contributed by atoms with Crippen molar-refractivity contribution in [3.05, 3.63) is 71.8 Å². The predicted octanol–water partition coefficient (Wildman–Crippen LogP) is 2.72. The number of amides is 1. The van der Waals surface area contributed by atoms with Gasteiger partial charge in [-0.15, -0.1) is 6.58 Å². The first-order valence-electron chi connectivity index (χ1n) is 14.0. The summed E-state index contributed by atoms with van der Waals surface area (Å²) in [6.07, 6.45) is 3.92. The molecule has 2 aliphatic heterocycles. The zero-order chi connectivity index (χ0) is 26.1. The number of benzene rings is 2. The molecule has 1 saturated heterocycles. The number of aliphatic hydroxyl groups excluding tert-OH is 1. The topological polar surface area (TPSA) is 91.3 Å². The number of aliphatic hydroxyl groups is 2. The second-order valence-electron chi connectivity index (χ2n) is 11.9. The molecule has 7 rings (SSSR count). The van der Waals surface area contributed by atoms with Crippen LogP contribution in [0.25, 0.3) is 0 Å². The Balaban J connectivity index is 1.31. The Morgan fingerprint density at radius 2 is 2.05 bits per heavy atom. The van der Waals surface area contributed by atoms with Crippen molar-refractivity contribution in [2.24, 2.45) is 11.8 Å². The number of likely N-dealkylation sites (tertiary alicyclic amines) is 1. The molecule has 2 saturated carbocycles. The zero-order valence-corrected chi connectivity index (χ0v) is 21.6. The number of piperidine rings is 1. The van der Waals surface area contributed by atoms with Gasteiger partial charge in [-0.05, 0) is 61.8 Å². The molecule has 1 spiro atoms. The minimum absolute atomic E-state index is 0.125. The van der Waals surface area contributed by atoms with Gasteiger partial charge in [0.05, 0.1) is 16.9 Å². The van der Waals surface area contributed by atoms with Gasteiger partial charge in [0.25, 0.3) is 0 Å². The molecular formula is C31H36N2O5. The summed E-state index contributed by atoms with van der Waals surface area (Å²) < 4.78 is 12.9. The van der Waals surface area contributed by atoms with Crippen molar-refractivity contribution in [1.29, 1.82) is 0 Å². The van der Waals surface area contributed by atoms with Gasteiger partial charge in [-0.1, -0.05) is 42.5 Å². The number of carbonyl (C=O) groups excluding carboxylic acids is 1. The summed E-state index contributed by atoms with van der Waals surface area (Å²) in [6, 6.07) is 13.9. The molecule has 2 heterocycles. The van der Waals surface area contributed by atoms with E-state index in [2.05, 4.69) is 22.9 Å². The third-order valence-electron chi connectivity index (χ3n) is 9.79. The molecule has 5 aliphatic rings. The highest BCUT2D eigenvalue weighted by Crippen LogP contribution is 2.66. The summed E-state index contributed by atoms with van der Waals surface area (Å²) in [7, 11) is 0. The van der Waals surface area contributed by atoms with Crippen molar-refractivity contribution in [1.82, 2.24) is 10.2 Å². The predicted molar refractivity (Wildman–Crippen MR) is 142 cm³/mol. The van der Waals surface area contributed by atoms with Gasteiger partial charge >= 0.3 is 0 Å². The van der Waals surface area contributed by atoms with Crippen LogP contribution in [0.2, 0.25) is 0 Å². The van der Waals surface area contributed by atoms with Crippen molar-refractivity contribution < 1.29 is 24.5 Å². The standard InChI is InChI=1S/C31H36N2O5/c1-2-13-32-29(35)22-16-31(36)24-15-21-10-11-23(37-18-20-6-4-3-5-7-20)27-25(21)30(31,28(38-27)26(22)34)12-14-33(24)17-19-8-9-19/h2-7,10-11,19,22,24,26,28,34,36H,1,8-9,12-18H2,(H,32,35)/t22-,24-,26+,28+,30+,31-/m1/s1. The average Bonchev–Trinajstić information content (AvgIpc) is 3.67. The fraction of sp³-hybridized carbons (Fsp3) is 0.516. The number of carbonyl (C=O) groups is 1. The van der Waals surface area contributed by atoms with Gasteiger partial charge in [0.2, 0.25) is 5.91 Å². The highest BCUT2D eigenvalue weighted by Gasteiger charge is 2.75. The number of ether oxygens (including phenoxy) is 2. The summed E-state index contributed by atoms with van der Waals surface area (Å²) >= 11 is 0. The SMILES string of the molecule is C=CCNC(=O)[C@@H]1C[C@@]2(O)[C@H]3Cc4ccc(OCc5ccccc5)c5c4[C@@]2(CCN3CC2CC2)[C@@H](O5)[C@H]1O. The first-order chi connectivity index (χ1) is 18.5. The van der Waals surface area contributed by atoms with Gasteiger partial charge in [-0.3, -0.25) is 9.69 Å². The second kappa shape index (κ2) is 8.83. The lowest BCUT2D eigenvalue weighted by Gasteiger charge is -2.64. The van der Waals surface area contributed by atoms with E-state index in [9.17, 15) is 15.0 Å². The van der Waals surface area contributed by atoms with E-state index in [1.165, 1.54) is 12.8 Å². The molecule has 1 amide bonds. The summed E-state index contributed by atoms with van der Waals surface area (Å²) in [5.41, 5.74) is 1.22. The molecule has 2 aromatic rings. The highest BCUT2D eigenvalue weighted by atomic mass is 16.5. The fourth-order valence-electron chi connectivity index (χ4n) is 7.88. The summed E-state index contributed by atoms with van der Waals surface area (Å²) in [5, 5.41) is 27.3. The van der Waals surface area contributed by atoms with Crippen LogP contribution in [0, 0.1) is 11.8 Å². The van der Waals surface area contributed by atoms with Crippen LogP contribution in [0.4, 0.5) is 0 Å². The van der Waals surface area contributed by atoms with Crippen LogP contribution in [0.1, 0.15) is 42.4 Å². The summed E-state index contributed by atoms with van der Waals surface area (Å²) in [6.45, 7) is 6.23. The second-order valence-corrected chi connectivity index (χ2v) is 11.9. The van der Waals surface area contributed by atoms with Crippen LogP contribution in [0.5, 0.6) is 11.5 Å². The van der Waals surface area contributed by atoms with E-state index in [-0.39, 0.29) is 18.4 Å². The maximum absolute atomic E-state index is 13.2. The van der Waals surface area contributed by atoms with E-state index in [1.54, 1.807) is 6.08 Å². The molecule has 3 N–H and O–H groups in total. The van der Waals surface area contributed by atoms with E-state index in [0.29, 0.717) is 43.4 Å². The fourth-order valence-corrected chi connectivity index (χ4v) is 7.88. The van der Waals surface area contributed by atoms with E-state index in [4.69, 9.17) is 9.47 Å². The van der Waals surface area contributed by atoms with Gasteiger partial charge < -0.3 is 25.0 Å². The molecule has 200 valence electrons. The number of rotatable bonds is 8. The maximum Gasteiger partial charge on any atom is 0.226 e. The average molecular weight is 517 g/mol. The normalized spacial score (nSPS) is 34.7. The molecule has 0 radical (unpaired) electrons. The lowest BCUT2D eigenvalue weighted by Crippen LogP contribution is -2.79. The molecule has 3 fully saturated rings. The van der Waals surface area contributed by atoms with E-state index in [1.807, 2.05) is 36.4 Å². The van der Waals surface area contributed by atoms with Gasteiger partial charge in [0, 0.05) is 24.7 Å². The lowest BCUT2D eigenvalue weighted by atomic mass is 9.47. The minimum Gasteiger partial charge on any atom is -0.485 e. The molecule has 6 atom stereocenters. The molecule has 0 unspecified atom stereocenters. The molecule has 3 aliphatic carbocycles. The van der Waals surface area contributed by atoms with E-state index in [0.717, 1.165) is 29.8 Å². The quantitative estimate of drug-likeness (QED) is 0.468. The highest BCUT2D eigenvalue weighted by molar-refractivity contribution is 5.80. The number of nitrogens with zero attached hydrogens (tertiary/aromatic N) is 1. The lowest BCUT2D eigenvalue weighted by molar-refractivity contribution is -0.223. The van der Waals surface area contributed by atoms with Crippen LogP contribution in [-0.2, 0) is 23.2 Å². The Bertz CT molecular complexity index is 1260. The van der Waals surface area contributed by atoms with Gasteiger partial charge in [0.1, 0.15) is 18.8 Å². The Kier molecular flexibility index (Phi) is 5.62. The van der Waals surface area contributed by atoms with Gasteiger partial charge in [-0.2, -0.15) is 0 Å². The first kappa shape index (κ1) is 24.2. The van der Waals surface area contributed by atoms with Crippen molar-refractivity contribution in [3.8, 4) is 11.5 Å². The molecule has 7 heteroatoms.